The molecular formula is C14H4F8N2S2. The van der Waals surface area contributed by atoms with Crippen LogP contribution in [0.15, 0.2) is 24.3 Å². The van der Waals surface area contributed by atoms with Crippen LogP contribution in [0, 0.1) is 11.9 Å². The first-order valence-electron chi connectivity index (χ1n) is 6.55. The summed E-state index contributed by atoms with van der Waals surface area (Å²) in [5, 5.41) is -0.816. The third-order valence-corrected chi connectivity index (χ3v) is 5.29. The van der Waals surface area contributed by atoms with Crippen LogP contribution in [0.1, 0.15) is 9.75 Å². The molecule has 0 atom stereocenters. The summed E-state index contributed by atoms with van der Waals surface area (Å²) < 4.78 is 103. The number of nitrogens with zero attached hydrogens (tertiary/aromatic N) is 2. The van der Waals surface area contributed by atoms with Crippen molar-refractivity contribution in [1.29, 1.82) is 0 Å². The monoisotopic (exact) mass is 416 g/mol. The second kappa shape index (κ2) is 6.27. The van der Waals surface area contributed by atoms with Crippen molar-refractivity contribution in [3.63, 3.8) is 0 Å². The van der Waals surface area contributed by atoms with Crippen LogP contribution in [-0.4, -0.2) is 9.97 Å². The van der Waals surface area contributed by atoms with Crippen molar-refractivity contribution < 1.29 is 35.1 Å². The van der Waals surface area contributed by atoms with Crippen molar-refractivity contribution in [2.75, 3.05) is 0 Å². The molecule has 2 nitrogen and oxygen atoms in total. The molecule has 3 rings (SSSR count). The van der Waals surface area contributed by atoms with E-state index in [0.29, 0.717) is 0 Å². The Morgan fingerprint density at radius 2 is 1.00 bits per heavy atom. The number of benzene rings is 1. The molecule has 0 aliphatic rings. The second-order valence-corrected chi connectivity index (χ2v) is 6.82. The molecule has 0 fully saturated rings. The molecule has 0 bridgehead atoms. The Balaban J connectivity index is 2.14. The van der Waals surface area contributed by atoms with Gasteiger partial charge in [0.15, 0.2) is 9.75 Å². The Morgan fingerprint density at radius 3 is 1.27 bits per heavy atom. The lowest BCUT2D eigenvalue weighted by atomic mass is 10.1. The summed E-state index contributed by atoms with van der Waals surface area (Å²) >= 11 is -0.0106. The van der Waals surface area contributed by atoms with Crippen molar-refractivity contribution >= 4 is 22.7 Å². The first-order chi connectivity index (χ1) is 12.0. The lowest BCUT2D eigenvalue weighted by Gasteiger charge is -2.04. The Morgan fingerprint density at radius 1 is 0.654 bits per heavy atom. The van der Waals surface area contributed by atoms with Gasteiger partial charge in [0.2, 0.25) is 11.9 Å². The maximum absolute atomic E-state index is 13.5. The van der Waals surface area contributed by atoms with Crippen LogP contribution < -0.4 is 0 Å². The van der Waals surface area contributed by atoms with Crippen LogP contribution >= 0.6 is 22.7 Å². The third kappa shape index (κ3) is 3.43. The van der Waals surface area contributed by atoms with Crippen molar-refractivity contribution in [3.8, 4) is 21.1 Å². The number of thiazole rings is 2. The van der Waals surface area contributed by atoms with E-state index >= 15 is 0 Å². The molecule has 0 aliphatic carbocycles. The fraction of sp³-hybridized carbons (Fsp3) is 0.143. The molecule has 26 heavy (non-hydrogen) atoms. The Bertz CT molecular complexity index is 877. The summed E-state index contributed by atoms with van der Waals surface area (Å²) in [6.07, 6.45) is -9.93. The predicted molar refractivity (Wildman–Crippen MR) is 78.6 cm³/mol. The van der Waals surface area contributed by atoms with E-state index in [4.69, 9.17) is 0 Å². The first kappa shape index (κ1) is 18.7. The van der Waals surface area contributed by atoms with E-state index in [0.717, 1.165) is 0 Å². The highest BCUT2D eigenvalue weighted by molar-refractivity contribution is 7.16. The average molecular weight is 416 g/mol. The van der Waals surface area contributed by atoms with Crippen LogP contribution in [-0.2, 0) is 12.4 Å². The van der Waals surface area contributed by atoms with Gasteiger partial charge in [-0.25, -0.2) is 9.97 Å². The number of rotatable bonds is 2. The van der Waals surface area contributed by atoms with E-state index in [-0.39, 0.29) is 33.8 Å². The van der Waals surface area contributed by atoms with Gasteiger partial charge in [0, 0.05) is 11.1 Å². The van der Waals surface area contributed by atoms with E-state index in [1.807, 2.05) is 0 Å². The predicted octanol–water partition coefficient (Wildman–Crippen LogP) is 6.25. The van der Waals surface area contributed by atoms with Crippen LogP contribution in [0.5, 0.6) is 0 Å². The Labute approximate surface area is 147 Å². The first-order valence-corrected chi connectivity index (χ1v) is 8.18. The zero-order valence-electron chi connectivity index (χ0n) is 12.0. The molecule has 0 saturated heterocycles. The summed E-state index contributed by atoms with van der Waals surface area (Å²) in [5.74, 6) is -3.48. The summed E-state index contributed by atoms with van der Waals surface area (Å²) in [4.78, 5) is 3.28. The highest BCUT2D eigenvalue weighted by Gasteiger charge is 2.39. The van der Waals surface area contributed by atoms with Gasteiger partial charge in [-0.05, 0) is 0 Å². The largest absolute Gasteiger partial charge is 0.430 e. The summed E-state index contributed by atoms with van der Waals surface area (Å²) in [7, 11) is 0. The summed E-state index contributed by atoms with van der Waals surface area (Å²) in [5.41, 5.74) is -0.177. The highest BCUT2D eigenvalue weighted by atomic mass is 32.1. The SMILES string of the molecule is Fc1nc(-c2ccccc2-c2nc(F)c(C(F)(F)F)s2)sc1C(F)(F)F. The second-order valence-electron chi connectivity index (χ2n) is 4.82. The zero-order valence-corrected chi connectivity index (χ0v) is 13.7. The topological polar surface area (TPSA) is 25.8 Å². The molecule has 0 unspecified atom stereocenters. The Kier molecular flexibility index (Phi) is 4.51. The Hall–Kier alpha value is -2.08. The molecule has 3 aromatic rings. The maximum atomic E-state index is 13.5. The third-order valence-electron chi connectivity index (χ3n) is 3.07. The van der Waals surface area contributed by atoms with E-state index < -0.39 is 44.0 Å². The minimum Gasteiger partial charge on any atom is -0.207 e. The van der Waals surface area contributed by atoms with E-state index in [1.54, 1.807) is 0 Å². The number of halogens is 8. The molecular weight excluding hydrogens is 412 g/mol. The molecule has 2 aromatic heterocycles. The van der Waals surface area contributed by atoms with Gasteiger partial charge in [-0.1, -0.05) is 24.3 Å². The van der Waals surface area contributed by atoms with Crippen LogP contribution in [0.4, 0.5) is 35.1 Å². The van der Waals surface area contributed by atoms with Gasteiger partial charge in [-0.2, -0.15) is 35.1 Å². The van der Waals surface area contributed by atoms with Gasteiger partial charge in [0.1, 0.15) is 10.0 Å². The lowest BCUT2D eigenvalue weighted by Crippen LogP contribution is -2.04. The van der Waals surface area contributed by atoms with E-state index in [9.17, 15) is 35.1 Å². The minimum absolute atomic E-state index is 0.00531. The van der Waals surface area contributed by atoms with Crippen molar-refractivity contribution in [2.24, 2.45) is 0 Å². The van der Waals surface area contributed by atoms with Gasteiger partial charge >= 0.3 is 12.4 Å². The fourth-order valence-electron chi connectivity index (χ4n) is 2.04. The molecule has 1 aromatic carbocycles. The molecule has 0 N–H and O–H groups in total. The smallest absolute Gasteiger partial charge is 0.207 e. The summed E-state index contributed by atoms with van der Waals surface area (Å²) in [6.45, 7) is 0. The fourth-order valence-corrected chi connectivity index (χ4v) is 3.74. The number of hydrogen-bond donors (Lipinski definition) is 0. The van der Waals surface area contributed by atoms with E-state index in [2.05, 4.69) is 9.97 Å². The number of aromatic nitrogens is 2. The van der Waals surface area contributed by atoms with Gasteiger partial charge < -0.3 is 0 Å². The maximum Gasteiger partial charge on any atom is 0.430 e. The van der Waals surface area contributed by atoms with Crippen LogP contribution in [0.3, 0.4) is 0 Å². The van der Waals surface area contributed by atoms with Gasteiger partial charge in [-0.3, -0.25) is 0 Å². The van der Waals surface area contributed by atoms with Gasteiger partial charge in [-0.15, -0.1) is 22.7 Å². The van der Waals surface area contributed by atoms with Gasteiger partial charge in [0.25, 0.3) is 0 Å². The molecule has 0 spiro atoms. The summed E-state index contributed by atoms with van der Waals surface area (Å²) in [6, 6.07) is 5.22. The molecule has 0 radical (unpaired) electrons. The number of hydrogen-bond acceptors (Lipinski definition) is 4. The highest BCUT2D eigenvalue weighted by Crippen LogP contribution is 2.44. The minimum atomic E-state index is -4.97. The molecule has 0 amide bonds. The van der Waals surface area contributed by atoms with Crippen LogP contribution in [0.2, 0.25) is 0 Å². The molecule has 12 heteroatoms. The van der Waals surface area contributed by atoms with E-state index in [1.165, 1.54) is 24.3 Å². The lowest BCUT2D eigenvalue weighted by molar-refractivity contribution is -0.137. The zero-order chi connectivity index (χ0) is 19.3. The quantitative estimate of drug-likeness (QED) is 0.462. The molecule has 2 heterocycles. The normalized spacial score (nSPS) is 12.6. The number of alkyl halides is 6. The molecule has 0 saturated carbocycles. The standard InChI is InChI=1S/C14H4F8N2S2/c15-9-7(13(17,18)19)25-11(23-9)5-3-1-2-4-6(5)12-24-10(16)8(26-12)14(20,21)22/h1-4H. The van der Waals surface area contributed by atoms with Crippen molar-refractivity contribution in [2.45, 2.75) is 12.4 Å². The average Bonchev–Trinajstić information content (AvgIpc) is 3.09. The molecule has 138 valence electrons. The van der Waals surface area contributed by atoms with Crippen molar-refractivity contribution in [1.82, 2.24) is 9.97 Å². The van der Waals surface area contributed by atoms with Crippen LogP contribution in [0.25, 0.3) is 21.1 Å². The van der Waals surface area contributed by atoms with Gasteiger partial charge in [0.05, 0.1) is 0 Å². The molecule has 0 aliphatic heterocycles. The van der Waals surface area contributed by atoms with Crippen molar-refractivity contribution in [3.05, 3.63) is 45.9 Å².